The van der Waals surface area contributed by atoms with Crippen LogP contribution in [0.3, 0.4) is 0 Å². The SMILES string of the molecule is [N-]=[N+]=C1Cc2ccccc2C(=O)C1=O. The molecule has 0 aromatic heterocycles. The van der Waals surface area contributed by atoms with Crippen molar-refractivity contribution in [3.8, 4) is 0 Å². The Morgan fingerprint density at radius 1 is 1.14 bits per heavy atom. The fourth-order valence-corrected chi connectivity index (χ4v) is 1.49. The summed E-state index contributed by atoms with van der Waals surface area (Å²) >= 11 is 0. The number of carbonyl (C=O) groups excluding carboxylic acids is 2. The molecule has 0 N–H and O–H groups in total. The zero-order chi connectivity index (χ0) is 10.1. The molecule has 68 valence electrons. The van der Waals surface area contributed by atoms with Crippen molar-refractivity contribution < 1.29 is 14.4 Å². The molecule has 0 saturated carbocycles. The molecule has 0 bridgehead atoms. The largest absolute Gasteiger partial charge is 0.361 e. The first-order valence-electron chi connectivity index (χ1n) is 4.12. The fraction of sp³-hybridized carbons (Fsp3) is 0.100. The maximum Gasteiger partial charge on any atom is 0.347 e. The minimum Gasteiger partial charge on any atom is -0.361 e. The number of hydrogen-bond donors (Lipinski definition) is 0. The van der Waals surface area contributed by atoms with Gasteiger partial charge in [-0.1, -0.05) is 24.3 Å². The summed E-state index contributed by atoms with van der Waals surface area (Å²) in [5.41, 5.74) is 9.56. The maximum atomic E-state index is 11.4. The van der Waals surface area contributed by atoms with E-state index in [-0.39, 0.29) is 12.1 Å². The van der Waals surface area contributed by atoms with Crippen LogP contribution in [0.15, 0.2) is 24.3 Å². The van der Waals surface area contributed by atoms with Gasteiger partial charge >= 0.3 is 11.5 Å². The number of Topliss-reactive ketones (excluding diaryl/α,β-unsaturated/α-hetero) is 2. The Bertz CT molecular complexity index is 485. The van der Waals surface area contributed by atoms with E-state index in [0.29, 0.717) is 5.56 Å². The molecule has 4 heteroatoms. The summed E-state index contributed by atoms with van der Waals surface area (Å²) in [6.45, 7) is 0. The van der Waals surface area contributed by atoms with Crippen molar-refractivity contribution in [1.29, 1.82) is 0 Å². The molecule has 0 fully saturated rings. The Kier molecular flexibility index (Phi) is 1.84. The second-order valence-corrected chi connectivity index (χ2v) is 3.04. The lowest BCUT2D eigenvalue weighted by Gasteiger charge is -2.09. The predicted octanol–water partition coefficient (Wildman–Crippen LogP) is 0.665. The molecule has 1 aliphatic carbocycles. The Hall–Kier alpha value is -2.06. The summed E-state index contributed by atoms with van der Waals surface area (Å²) in [7, 11) is 0. The van der Waals surface area contributed by atoms with Crippen LogP contribution in [0.2, 0.25) is 0 Å². The van der Waals surface area contributed by atoms with Crippen molar-refractivity contribution in [2.75, 3.05) is 0 Å². The van der Waals surface area contributed by atoms with E-state index < -0.39 is 11.6 Å². The van der Waals surface area contributed by atoms with Crippen LogP contribution in [0, 0.1) is 0 Å². The quantitative estimate of drug-likeness (QED) is 0.339. The van der Waals surface area contributed by atoms with Gasteiger partial charge in [-0.15, -0.1) is 0 Å². The summed E-state index contributed by atoms with van der Waals surface area (Å²) in [5.74, 6) is -1.31. The highest BCUT2D eigenvalue weighted by atomic mass is 16.2. The van der Waals surface area contributed by atoms with E-state index in [4.69, 9.17) is 5.53 Å². The van der Waals surface area contributed by atoms with E-state index in [1.165, 1.54) is 0 Å². The van der Waals surface area contributed by atoms with Gasteiger partial charge in [-0.05, 0) is 5.56 Å². The average molecular weight is 186 g/mol. The highest BCUT2D eigenvalue weighted by Crippen LogP contribution is 2.16. The highest BCUT2D eigenvalue weighted by Gasteiger charge is 2.35. The van der Waals surface area contributed by atoms with Gasteiger partial charge in [0.2, 0.25) is 5.78 Å². The van der Waals surface area contributed by atoms with Crippen LogP contribution in [-0.2, 0) is 11.2 Å². The van der Waals surface area contributed by atoms with Gasteiger partial charge in [0.15, 0.2) is 0 Å². The van der Waals surface area contributed by atoms with Crippen molar-refractivity contribution >= 4 is 17.3 Å². The van der Waals surface area contributed by atoms with E-state index in [1.54, 1.807) is 24.3 Å². The van der Waals surface area contributed by atoms with Gasteiger partial charge in [-0.3, -0.25) is 9.59 Å². The normalized spacial score (nSPS) is 15.0. The van der Waals surface area contributed by atoms with E-state index >= 15 is 0 Å². The molecule has 0 spiro atoms. The van der Waals surface area contributed by atoms with Crippen molar-refractivity contribution in [2.45, 2.75) is 6.42 Å². The number of fused-ring (bicyclic) bond motifs is 1. The van der Waals surface area contributed by atoms with E-state index in [9.17, 15) is 9.59 Å². The summed E-state index contributed by atoms with van der Waals surface area (Å²) in [5, 5.41) is 0. The van der Waals surface area contributed by atoms with Gasteiger partial charge in [0.1, 0.15) is 0 Å². The fourth-order valence-electron chi connectivity index (χ4n) is 1.49. The third kappa shape index (κ3) is 1.09. The number of ketones is 2. The number of benzene rings is 1. The Labute approximate surface area is 79.8 Å². The topological polar surface area (TPSA) is 70.5 Å². The minimum absolute atomic E-state index is 0.0892. The van der Waals surface area contributed by atoms with E-state index in [2.05, 4.69) is 4.79 Å². The van der Waals surface area contributed by atoms with E-state index in [0.717, 1.165) is 5.56 Å². The number of nitrogens with zero attached hydrogens (tertiary/aromatic N) is 2. The molecule has 14 heavy (non-hydrogen) atoms. The molecular weight excluding hydrogens is 180 g/mol. The Morgan fingerprint density at radius 2 is 1.86 bits per heavy atom. The highest BCUT2D eigenvalue weighted by molar-refractivity contribution is 6.68. The zero-order valence-electron chi connectivity index (χ0n) is 7.23. The second-order valence-electron chi connectivity index (χ2n) is 3.04. The third-order valence-corrected chi connectivity index (χ3v) is 2.21. The molecule has 4 nitrogen and oxygen atoms in total. The third-order valence-electron chi connectivity index (χ3n) is 2.21. The van der Waals surface area contributed by atoms with Crippen LogP contribution in [-0.4, -0.2) is 22.1 Å². The van der Waals surface area contributed by atoms with Crippen molar-refractivity contribution in [3.05, 3.63) is 40.9 Å². The summed E-state index contributed by atoms with van der Waals surface area (Å²) < 4.78 is 0. The van der Waals surface area contributed by atoms with Gasteiger partial charge in [-0.2, -0.15) is 4.79 Å². The lowest BCUT2D eigenvalue weighted by atomic mass is 9.88. The van der Waals surface area contributed by atoms with Crippen LogP contribution in [0.5, 0.6) is 0 Å². The van der Waals surface area contributed by atoms with Gasteiger partial charge < -0.3 is 5.53 Å². The first-order valence-corrected chi connectivity index (χ1v) is 4.12. The summed E-state index contributed by atoms with van der Waals surface area (Å²) in [6.07, 6.45) is 0.219. The Balaban J connectivity index is 2.64. The molecular formula is C10H6N2O2. The predicted molar refractivity (Wildman–Crippen MR) is 48.1 cm³/mol. The summed E-state index contributed by atoms with van der Waals surface area (Å²) in [6, 6.07) is 6.82. The second kappa shape index (κ2) is 3.01. The molecule has 1 aromatic rings. The van der Waals surface area contributed by atoms with Gasteiger partial charge in [0.25, 0.3) is 0 Å². The smallest absolute Gasteiger partial charge is 0.347 e. The van der Waals surface area contributed by atoms with E-state index in [1.807, 2.05) is 0 Å². The van der Waals surface area contributed by atoms with Crippen LogP contribution >= 0.6 is 0 Å². The van der Waals surface area contributed by atoms with Crippen LogP contribution in [0.4, 0.5) is 0 Å². The first kappa shape index (κ1) is 8.53. The lowest BCUT2D eigenvalue weighted by Crippen LogP contribution is -2.32. The zero-order valence-corrected chi connectivity index (χ0v) is 7.23. The molecule has 1 aromatic carbocycles. The molecule has 0 unspecified atom stereocenters. The van der Waals surface area contributed by atoms with Gasteiger partial charge in [0, 0.05) is 5.56 Å². The van der Waals surface area contributed by atoms with Crippen LogP contribution in [0.1, 0.15) is 15.9 Å². The molecule has 0 saturated heterocycles. The molecule has 0 heterocycles. The monoisotopic (exact) mass is 186 g/mol. The first-order chi connectivity index (χ1) is 6.74. The lowest BCUT2D eigenvalue weighted by molar-refractivity contribution is -0.114. The van der Waals surface area contributed by atoms with Crippen LogP contribution < -0.4 is 0 Å². The molecule has 0 atom stereocenters. The number of carbonyl (C=O) groups is 2. The standard InChI is InChI=1S/C10H6N2O2/c11-12-8-5-6-3-1-2-4-7(6)9(13)10(8)14/h1-4H,5H2. The number of hydrogen-bond acceptors (Lipinski definition) is 2. The molecule has 2 rings (SSSR count). The molecule has 0 radical (unpaired) electrons. The molecule has 1 aliphatic rings. The minimum atomic E-state index is -0.716. The maximum absolute atomic E-state index is 11.4. The van der Waals surface area contributed by atoms with Crippen molar-refractivity contribution in [1.82, 2.24) is 0 Å². The average Bonchev–Trinajstić information content (AvgIpc) is 2.23. The van der Waals surface area contributed by atoms with Gasteiger partial charge in [-0.25, -0.2) is 0 Å². The van der Waals surface area contributed by atoms with Crippen LogP contribution in [0.25, 0.3) is 5.53 Å². The van der Waals surface area contributed by atoms with Crippen molar-refractivity contribution in [3.63, 3.8) is 0 Å². The Morgan fingerprint density at radius 3 is 2.57 bits per heavy atom. The van der Waals surface area contributed by atoms with Crippen molar-refractivity contribution in [2.24, 2.45) is 0 Å². The molecule has 0 amide bonds. The number of rotatable bonds is 0. The summed E-state index contributed by atoms with van der Waals surface area (Å²) in [4.78, 5) is 25.5. The van der Waals surface area contributed by atoms with Gasteiger partial charge in [0.05, 0.1) is 6.42 Å². The molecule has 0 aliphatic heterocycles.